The second-order valence-electron chi connectivity index (χ2n) is 8.33. The number of likely N-dealkylation sites (tertiary alicyclic amines) is 1. The van der Waals surface area contributed by atoms with E-state index in [0.717, 1.165) is 41.9 Å². The number of carbonyl (C=O) groups is 1. The van der Waals surface area contributed by atoms with E-state index in [9.17, 15) is 4.79 Å². The second kappa shape index (κ2) is 9.55. The van der Waals surface area contributed by atoms with Crippen molar-refractivity contribution in [3.8, 4) is 0 Å². The van der Waals surface area contributed by atoms with E-state index in [1.807, 2.05) is 64.2 Å². The number of rotatable bonds is 6. The molecule has 3 heterocycles. The number of imidazole rings is 1. The van der Waals surface area contributed by atoms with E-state index in [1.165, 1.54) is 0 Å². The quantitative estimate of drug-likeness (QED) is 0.411. The number of aromatic nitrogens is 4. The molecule has 2 aromatic heterocycles. The van der Waals surface area contributed by atoms with Crippen LogP contribution in [0.5, 0.6) is 0 Å². The standard InChI is InChI=1S/C26H24ClN5O/c27-22-7-2-4-19(13-22)14-23-15-29-16-24(30-23)25-8-3-10-32(25)26(33)21-6-1-5-20(12-21)17-31-11-9-28-18-31/h1-2,4-7,9,11-13,15-16,18,25H,3,8,10,14,17H2/t25-/m1/s1. The molecule has 1 amide bonds. The first-order valence-corrected chi connectivity index (χ1v) is 11.4. The summed E-state index contributed by atoms with van der Waals surface area (Å²) in [6.07, 6.45) is 11.5. The predicted molar refractivity (Wildman–Crippen MR) is 127 cm³/mol. The first-order chi connectivity index (χ1) is 16.2. The first kappa shape index (κ1) is 21.3. The van der Waals surface area contributed by atoms with Crippen LogP contribution in [0.25, 0.3) is 0 Å². The van der Waals surface area contributed by atoms with Gasteiger partial charge in [-0.15, -0.1) is 0 Å². The van der Waals surface area contributed by atoms with Crippen LogP contribution in [-0.4, -0.2) is 36.9 Å². The molecule has 0 bridgehead atoms. The molecule has 33 heavy (non-hydrogen) atoms. The summed E-state index contributed by atoms with van der Waals surface area (Å²) in [5.74, 6) is 0.0343. The Labute approximate surface area is 197 Å². The first-order valence-electron chi connectivity index (χ1n) is 11.1. The van der Waals surface area contributed by atoms with Gasteiger partial charge >= 0.3 is 0 Å². The zero-order chi connectivity index (χ0) is 22.6. The second-order valence-corrected chi connectivity index (χ2v) is 8.77. The van der Waals surface area contributed by atoms with E-state index >= 15 is 0 Å². The number of benzene rings is 2. The molecule has 7 heteroatoms. The smallest absolute Gasteiger partial charge is 0.254 e. The molecular weight excluding hydrogens is 434 g/mol. The molecular formula is C26H24ClN5O. The molecule has 0 aliphatic carbocycles. The lowest BCUT2D eigenvalue weighted by Gasteiger charge is -2.24. The molecule has 1 aliphatic heterocycles. The van der Waals surface area contributed by atoms with Crippen molar-refractivity contribution in [1.29, 1.82) is 0 Å². The summed E-state index contributed by atoms with van der Waals surface area (Å²) in [5.41, 5.74) is 4.56. The molecule has 0 unspecified atom stereocenters. The van der Waals surface area contributed by atoms with Gasteiger partial charge in [-0.1, -0.05) is 35.9 Å². The van der Waals surface area contributed by atoms with Crippen molar-refractivity contribution in [2.75, 3.05) is 6.54 Å². The number of amides is 1. The minimum absolute atomic E-state index is 0.0343. The number of hydrogen-bond donors (Lipinski definition) is 0. The van der Waals surface area contributed by atoms with Gasteiger partial charge in [0, 0.05) is 48.7 Å². The highest BCUT2D eigenvalue weighted by Crippen LogP contribution is 2.32. The topological polar surface area (TPSA) is 63.9 Å². The van der Waals surface area contributed by atoms with E-state index in [-0.39, 0.29) is 11.9 Å². The molecule has 1 fully saturated rings. The lowest BCUT2D eigenvalue weighted by molar-refractivity contribution is 0.0732. The maximum atomic E-state index is 13.4. The fraction of sp³-hybridized carbons (Fsp3) is 0.231. The van der Waals surface area contributed by atoms with Gasteiger partial charge in [-0.2, -0.15) is 0 Å². The Morgan fingerprint density at radius 3 is 2.79 bits per heavy atom. The fourth-order valence-electron chi connectivity index (χ4n) is 4.40. The van der Waals surface area contributed by atoms with Gasteiger partial charge in [-0.25, -0.2) is 4.98 Å². The zero-order valence-electron chi connectivity index (χ0n) is 18.1. The molecule has 0 radical (unpaired) electrons. The molecule has 2 aromatic carbocycles. The van der Waals surface area contributed by atoms with Gasteiger partial charge < -0.3 is 9.47 Å². The molecule has 0 saturated carbocycles. The van der Waals surface area contributed by atoms with Crippen LogP contribution in [0.3, 0.4) is 0 Å². The Balaban J connectivity index is 1.34. The molecule has 4 aromatic rings. The summed E-state index contributed by atoms with van der Waals surface area (Å²) in [6.45, 7) is 1.40. The van der Waals surface area contributed by atoms with Crippen molar-refractivity contribution in [1.82, 2.24) is 24.4 Å². The van der Waals surface area contributed by atoms with Crippen molar-refractivity contribution >= 4 is 17.5 Å². The zero-order valence-corrected chi connectivity index (χ0v) is 18.9. The molecule has 1 saturated heterocycles. The largest absolute Gasteiger partial charge is 0.333 e. The number of nitrogens with zero attached hydrogens (tertiary/aromatic N) is 5. The van der Waals surface area contributed by atoms with Crippen molar-refractivity contribution in [2.45, 2.75) is 31.8 Å². The maximum Gasteiger partial charge on any atom is 0.254 e. The van der Waals surface area contributed by atoms with E-state index in [2.05, 4.69) is 9.97 Å². The lowest BCUT2D eigenvalue weighted by Crippen LogP contribution is -2.31. The SMILES string of the molecule is O=C(c1cccc(Cn2ccnc2)c1)N1CCC[C@@H]1c1cncc(Cc2cccc(Cl)c2)n1. The van der Waals surface area contributed by atoms with E-state index in [4.69, 9.17) is 16.6 Å². The average molecular weight is 458 g/mol. The highest BCUT2D eigenvalue weighted by molar-refractivity contribution is 6.30. The van der Waals surface area contributed by atoms with Gasteiger partial charge in [0.05, 0.1) is 30.0 Å². The molecule has 6 nitrogen and oxygen atoms in total. The Bertz CT molecular complexity index is 1260. The third kappa shape index (κ3) is 4.96. The Hall–Kier alpha value is -3.51. The molecule has 5 rings (SSSR count). The molecule has 0 spiro atoms. The van der Waals surface area contributed by atoms with Gasteiger partial charge in [0.1, 0.15) is 0 Å². The van der Waals surface area contributed by atoms with E-state index < -0.39 is 0 Å². The van der Waals surface area contributed by atoms with Crippen LogP contribution >= 0.6 is 11.6 Å². The summed E-state index contributed by atoms with van der Waals surface area (Å²) in [6, 6.07) is 15.5. The molecule has 1 atom stereocenters. The number of hydrogen-bond acceptors (Lipinski definition) is 4. The van der Waals surface area contributed by atoms with Gasteiger partial charge in [-0.05, 0) is 48.2 Å². The van der Waals surface area contributed by atoms with Crippen LogP contribution < -0.4 is 0 Å². The summed E-state index contributed by atoms with van der Waals surface area (Å²) in [7, 11) is 0. The average Bonchev–Trinajstić information content (AvgIpc) is 3.51. The van der Waals surface area contributed by atoms with Crippen molar-refractivity contribution in [3.63, 3.8) is 0 Å². The summed E-state index contributed by atoms with van der Waals surface area (Å²) in [4.78, 5) is 28.8. The summed E-state index contributed by atoms with van der Waals surface area (Å²) >= 11 is 6.12. The monoisotopic (exact) mass is 457 g/mol. The molecule has 166 valence electrons. The van der Waals surface area contributed by atoms with Crippen LogP contribution in [0.1, 0.15) is 51.8 Å². The fourth-order valence-corrected chi connectivity index (χ4v) is 4.61. The van der Waals surface area contributed by atoms with Gasteiger partial charge in [0.25, 0.3) is 5.91 Å². The van der Waals surface area contributed by atoms with E-state index in [1.54, 1.807) is 24.9 Å². The van der Waals surface area contributed by atoms with E-state index in [0.29, 0.717) is 23.6 Å². The third-order valence-corrected chi connectivity index (χ3v) is 6.17. The Kier molecular flexibility index (Phi) is 6.17. The highest BCUT2D eigenvalue weighted by Gasteiger charge is 2.32. The van der Waals surface area contributed by atoms with Gasteiger partial charge in [0.2, 0.25) is 0 Å². The van der Waals surface area contributed by atoms with Gasteiger partial charge in [-0.3, -0.25) is 14.8 Å². The number of carbonyl (C=O) groups excluding carboxylic acids is 1. The minimum atomic E-state index is -0.0679. The highest BCUT2D eigenvalue weighted by atomic mass is 35.5. The Morgan fingerprint density at radius 1 is 1.06 bits per heavy atom. The van der Waals surface area contributed by atoms with Crippen LogP contribution in [0.2, 0.25) is 5.02 Å². The van der Waals surface area contributed by atoms with Crippen LogP contribution in [0.4, 0.5) is 0 Å². The van der Waals surface area contributed by atoms with Crippen molar-refractivity contribution in [3.05, 3.63) is 113 Å². The third-order valence-electron chi connectivity index (χ3n) is 5.93. The summed E-state index contributed by atoms with van der Waals surface area (Å²) < 4.78 is 1.99. The minimum Gasteiger partial charge on any atom is -0.333 e. The van der Waals surface area contributed by atoms with Crippen LogP contribution in [0, 0.1) is 0 Å². The van der Waals surface area contributed by atoms with Gasteiger partial charge in [0.15, 0.2) is 0 Å². The maximum absolute atomic E-state index is 13.4. The van der Waals surface area contributed by atoms with Crippen LogP contribution in [-0.2, 0) is 13.0 Å². The number of halogens is 1. The summed E-state index contributed by atoms with van der Waals surface area (Å²) in [5, 5.41) is 0.708. The van der Waals surface area contributed by atoms with Crippen molar-refractivity contribution in [2.24, 2.45) is 0 Å². The van der Waals surface area contributed by atoms with Crippen LogP contribution in [0.15, 0.2) is 79.6 Å². The Morgan fingerprint density at radius 2 is 1.94 bits per heavy atom. The lowest BCUT2D eigenvalue weighted by atomic mass is 10.1. The molecule has 1 aliphatic rings. The van der Waals surface area contributed by atoms with Crippen molar-refractivity contribution < 1.29 is 4.79 Å². The predicted octanol–water partition coefficient (Wildman–Crippen LogP) is 4.94. The molecule has 0 N–H and O–H groups in total. The normalized spacial score (nSPS) is 15.7.